The Bertz CT molecular complexity index is 711. The lowest BCUT2D eigenvalue weighted by Crippen LogP contribution is -2.26. The zero-order valence-electron chi connectivity index (χ0n) is 16.3. The molecule has 0 heterocycles. The molecule has 0 aromatic heterocycles. The number of carboxylic acid groups (broad SMARTS) is 1. The summed E-state index contributed by atoms with van der Waals surface area (Å²) in [6, 6.07) is 14.7. The topological polar surface area (TPSA) is 85.2 Å². The Morgan fingerprint density at radius 1 is 0.964 bits per heavy atom. The Kier molecular flexibility index (Phi) is 8.78. The number of carboxylic acids is 1. The molecule has 6 nitrogen and oxygen atoms in total. The second-order valence-corrected chi connectivity index (χ2v) is 6.63. The van der Waals surface area contributed by atoms with E-state index in [-0.39, 0.29) is 13.2 Å². The molecule has 2 aromatic rings. The van der Waals surface area contributed by atoms with Crippen molar-refractivity contribution in [3.63, 3.8) is 0 Å². The molecule has 2 N–H and O–H groups in total. The minimum absolute atomic E-state index is 0.0998. The highest BCUT2D eigenvalue weighted by molar-refractivity contribution is 5.72. The molecule has 0 spiro atoms. The molecule has 0 saturated heterocycles. The Labute approximate surface area is 165 Å². The van der Waals surface area contributed by atoms with Crippen molar-refractivity contribution in [2.24, 2.45) is 0 Å². The predicted octanol–water partition coefficient (Wildman–Crippen LogP) is 3.24. The van der Waals surface area contributed by atoms with E-state index in [2.05, 4.69) is 0 Å². The molecule has 2 aromatic carbocycles. The van der Waals surface area contributed by atoms with Crippen molar-refractivity contribution in [3.8, 4) is 11.5 Å². The summed E-state index contributed by atoms with van der Waals surface area (Å²) in [6.45, 7) is 4.59. The van der Waals surface area contributed by atoms with E-state index in [4.69, 9.17) is 14.2 Å². The van der Waals surface area contributed by atoms with E-state index >= 15 is 0 Å². The van der Waals surface area contributed by atoms with E-state index in [0.717, 1.165) is 17.5 Å². The van der Waals surface area contributed by atoms with Gasteiger partial charge >= 0.3 is 5.97 Å². The summed E-state index contributed by atoms with van der Waals surface area (Å²) in [4.78, 5) is 11.2. The SMILES string of the molecule is CCCOC(Cc1ccc(OCC(O)COc2ccc(C)cc2)cc1)C(=O)O. The van der Waals surface area contributed by atoms with Crippen molar-refractivity contribution in [1.29, 1.82) is 0 Å². The highest BCUT2D eigenvalue weighted by atomic mass is 16.5. The first-order chi connectivity index (χ1) is 13.5. The second-order valence-electron chi connectivity index (χ2n) is 6.63. The average Bonchev–Trinajstić information content (AvgIpc) is 2.69. The van der Waals surface area contributed by atoms with Crippen LogP contribution in [0.4, 0.5) is 0 Å². The lowest BCUT2D eigenvalue weighted by Gasteiger charge is -2.15. The first kappa shape index (κ1) is 21.7. The van der Waals surface area contributed by atoms with Gasteiger partial charge in [-0.3, -0.25) is 0 Å². The molecule has 0 aliphatic carbocycles. The quantitative estimate of drug-likeness (QED) is 0.581. The van der Waals surface area contributed by atoms with Gasteiger partial charge in [0.15, 0.2) is 6.10 Å². The summed E-state index contributed by atoms with van der Waals surface area (Å²) in [5, 5.41) is 19.2. The maximum atomic E-state index is 11.2. The summed E-state index contributed by atoms with van der Waals surface area (Å²) in [5.74, 6) is 0.331. The largest absolute Gasteiger partial charge is 0.491 e. The van der Waals surface area contributed by atoms with Crippen LogP contribution in [0.3, 0.4) is 0 Å². The number of rotatable bonds is 12. The molecule has 2 unspecified atom stereocenters. The minimum atomic E-state index is -0.967. The zero-order chi connectivity index (χ0) is 20.4. The Morgan fingerprint density at radius 3 is 2.00 bits per heavy atom. The number of hydrogen-bond acceptors (Lipinski definition) is 5. The van der Waals surface area contributed by atoms with E-state index in [0.29, 0.717) is 24.5 Å². The number of aryl methyl sites for hydroxylation is 1. The van der Waals surface area contributed by atoms with Crippen LogP contribution in [-0.2, 0) is 16.0 Å². The third kappa shape index (κ3) is 7.58. The second kappa shape index (κ2) is 11.3. The number of carbonyl (C=O) groups is 1. The fourth-order valence-corrected chi connectivity index (χ4v) is 2.48. The molecule has 152 valence electrons. The van der Waals surface area contributed by atoms with Gasteiger partial charge in [0.2, 0.25) is 0 Å². The highest BCUT2D eigenvalue weighted by Crippen LogP contribution is 2.16. The van der Waals surface area contributed by atoms with Crippen molar-refractivity contribution in [3.05, 3.63) is 59.7 Å². The molecular weight excluding hydrogens is 360 g/mol. The normalized spacial score (nSPS) is 13.0. The van der Waals surface area contributed by atoms with Gasteiger partial charge in [0.1, 0.15) is 30.8 Å². The maximum absolute atomic E-state index is 11.2. The number of aliphatic hydroxyl groups excluding tert-OH is 1. The fourth-order valence-electron chi connectivity index (χ4n) is 2.48. The van der Waals surface area contributed by atoms with Gasteiger partial charge in [0.05, 0.1) is 0 Å². The molecule has 0 amide bonds. The van der Waals surface area contributed by atoms with Crippen molar-refractivity contribution < 1.29 is 29.2 Å². The van der Waals surface area contributed by atoms with E-state index < -0.39 is 18.2 Å². The number of aliphatic hydroxyl groups is 1. The average molecular weight is 388 g/mol. The molecule has 0 aliphatic heterocycles. The van der Waals surface area contributed by atoms with Gasteiger partial charge < -0.3 is 24.4 Å². The molecule has 0 fully saturated rings. The predicted molar refractivity (Wildman–Crippen MR) is 106 cm³/mol. The van der Waals surface area contributed by atoms with Crippen LogP contribution in [-0.4, -0.2) is 48.2 Å². The first-order valence-electron chi connectivity index (χ1n) is 9.41. The summed E-state index contributed by atoms with van der Waals surface area (Å²) in [7, 11) is 0. The van der Waals surface area contributed by atoms with Gasteiger partial charge in [0.25, 0.3) is 0 Å². The van der Waals surface area contributed by atoms with Crippen LogP contribution in [0.15, 0.2) is 48.5 Å². The summed E-state index contributed by atoms with van der Waals surface area (Å²) in [6.07, 6.45) is -0.554. The van der Waals surface area contributed by atoms with Gasteiger partial charge in [-0.1, -0.05) is 36.8 Å². The summed E-state index contributed by atoms with van der Waals surface area (Å²) < 4.78 is 16.5. The van der Waals surface area contributed by atoms with Gasteiger partial charge in [-0.05, 0) is 43.2 Å². The number of hydrogen-bond donors (Lipinski definition) is 2. The third-order valence-electron chi connectivity index (χ3n) is 4.05. The number of ether oxygens (including phenoxy) is 3. The van der Waals surface area contributed by atoms with Crippen LogP contribution in [0.5, 0.6) is 11.5 Å². The molecule has 0 radical (unpaired) electrons. The Hall–Kier alpha value is -2.57. The fraction of sp³-hybridized carbons (Fsp3) is 0.409. The van der Waals surface area contributed by atoms with Crippen molar-refractivity contribution in [2.75, 3.05) is 19.8 Å². The molecule has 2 rings (SSSR count). The number of benzene rings is 2. The Morgan fingerprint density at radius 2 is 1.50 bits per heavy atom. The zero-order valence-corrected chi connectivity index (χ0v) is 16.3. The van der Waals surface area contributed by atoms with Crippen LogP contribution >= 0.6 is 0 Å². The third-order valence-corrected chi connectivity index (χ3v) is 4.05. The van der Waals surface area contributed by atoms with Gasteiger partial charge in [0, 0.05) is 13.0 Å². The smallest absolute Gasteiger partial charge is 0.333 e. The van der Waals surface area contributed by atoms with Gasteiger partial charge in [-0.15, -0.1) is 0 Å². The molecule has 0 saturated carbocycles. The first-order valence-corrected chi connectivity index (χ1v) is 9.41. The summed E-state index contributed by atoms with van der Waals surface area (Å²) >= 11 is 0. The molecular formula is C22H28O6. The van der Waals surface area contributed by atoms with Crippen LogP contribution < -0.4 is 9.47 Å². The van der Waals surface area contributed by atoms with Crippen molar-refractivity contribution >= 4 is 5.97 Å². The van der Waals surface area contributed by atoms with E-state index in [1.165, 1.54) is 0 Å². The van der Waals surface area contributed by atoms with Crippen molar-refractivity contribution in [1.82, 2.24) is 0 Å². The lowest BCUT2D eigenvalue weighted by molar-refractivity contribution is -0.150. The molecule has 0 aliphatic rings. The van der Waals surface area contributed by atoms with Crippen LogP contribution in [0, 0.1) is 6.92 Å². The lowest BCUT2D eigenvalue weighted by atomic mass is 10.1. The Balaban J connectivity index is 1.76. The number of aliphatic carboxylic acids is 1. The van der Waals surface area contributed by atoms with Gasteiger partial charge in [-0.2, -0.15) is 0 Å². The molecule has 6 heteroatoms. The van der Waals surface area contributed by atoms with Gasteiger partial charge in [-0.25, -0.2) is 4.79 Å². The van der Waals surface area contributed by atoms with Crippen molar-refractivity contribution in [2.45, 2.75) is 38.9 Å². The molecule has 0 bridgehead atoms. The highest BCUT2D eigenvalue weighted by Gasteiger charge is 2.18. The van der Waals surface area contributed by atoms with Crippen LogP contribution in [0.1, 0.15) is 24.5 Å². The van der Waals surface area contributed by atoms with Crippen LogP contribution in [0.2, 0.25) is 0 Å². The van der Waals surface area contributed by atoms with Crippen LogP contribution in [0.25, 0.3) is 0 Å². The molecule has 2 atom stereocenters. The summed E-state index contributed by atoms with van der Waals surface area (Å²) in [5.41, 5.74) is 1.99. The molecule has 28 heavy (non-hydrogen) atoms. The maximum Gasteiger partial charge on any atom is 0.333 e. The van der Waals surface area contributed by atoms with E-state index in [9.17, 15) is 15.0 Å². The van der Waals surface area contributed by atoms with E-state index in [1.54, 1.807) is 24.3 Å². The standard InChI is InChI=1S/C22H28O6/c1-3-12-26-21(22(24)25)13-17-6-10-20(11-7-17)28-15-18(23)14-27-19-8-4-16(2)5-9-19/h4-11,18,21,23H,3,12-15H2,1-2H3,(H,24,25). The van der Waals surface area contributed by atoms with E-state index in [1.807, 2.05) is 38.1 Å². The minimum Gasteiger partial charge on any atom is -0.491 e. The monoisotopic (exact) mass is 388 g/mol.